The van der Waals surface area contributed by atoms with Crippen molar-refractivity contribution in [3.8, 4) is 0 Å². The van der Waals surface area contributed by atoms with Crippen LogP contribution in [-0.2, 0) is 0 Å². The lowest BCUT2D eigenvalue weighted by atomic mass is 9.47. The summed E-state index contributed by atoms with van der Waals surface area (Å²) in [5.74, 6) is 0. The monoisotopic (exact) mass is 221 g/mol. The number of hydrogen-bond donors (Lipinski definition) is 1. The van der Waals surface area contributed by atoms with E-state index in [2.05, 4.69) is 19.9 Å². The highest BCUT2D eigenvalue weighted by molar-refractivity contribution is 5.24. The fourth-order valence-electron chi connectivity index (χ4n) is 3.96. The van der Waals surface area contributed by atoms with E-state index in [1.165, 1.54) is 51.4 Å². The van der Waals surface area contributed by atoms with Gasteiger partial charge < -0.3 is 5.73 Å². The lowest BCUT2D eigenvalue weighted by Gasteiger charge is -2.58. The van der Waals surface area contributed by atoms with E-state index in [0.29, 0.717) is 10.8 Å². The van der Waals surface area contributed by atoms with Gasteiger partial charge in [-0.1, -0.05) is 38.3 Å². The van der Waals surface area contributed by atoms with Crippen molar-refractivity contribution in [2.45, 2.75) is 65.2 Å². The van der Waals surface area contributed by atoms with Gasteiger partial charge in [-0.3, -0.25) is 0 Å². The highest BCUT2D eigenvalue weighted by atomic mass is 14.7. The number of hydrogen-bond acceptors (Lipinski definition) is 1. The van der Waals surface area contributed by atoms with Gasteiger partial charge in [0.2, 0.25) is 0 Å². The summed E-state index contributed by atoms with van der Waals surface area (Å²) in [4.78, 5) is 0. The minimum absolute atomic E-state index is 0.409. The van der Waals surface area contributed by atoms with E-state index >= 15 is 0 Å². The molecule has 0 spiro atoms. The Morgan fingerprint density at radius 1 is 1.19 bits per heavy atom. The van der Waals surface area contributed by atoms with E-state index in [4.69, 9.17) is 5.73 Å². The van der Waals surface area contributed by atoms with Gasteiger partial charge in [0.25, 0.3) is 0 Å². The van der Waals surface area contributed by atoms with Crippen LogP contribution in [0.3, 0.4) is 0 Å². The molecule has 0 saturated heterocycles. The fraction of sp³-hybridized carbons (Fsp3) is 0.867. The first-order valence-corrected chi connectivity index (χ1v) is 7.10. The second-order valence-electron chi connectivity index (χ2n) is 6.02. The highest BCUT2D eigenvalue weighted by Gasteiger charge is 2.52. The Morgan fingerprint density at radius 3 is 2.31 bits per heavy atom. The van der Waals surface area contributed by atoms with Crippen LogP contribution in [0.4, 0.5) is 0 Å². The molecule has 1 fully saturated rings. The van der Waals surface area contributed by atoms with Crippen LogP contribution in [0.15, 0.2) is 11.6 Å². The van der Waals surface area contributed by atoms with Crippen molar-refractivity contribution in [2.75, 3.05) is 6.54 Å². The van der Waals surface area contributed by atoms with Gasteiger partial charge in [0.05, 0.1) is 0 Å². The largest absolute Gasteiger partial charge is 0.330 e. The minimum Gasteiger partial charge on any atom is -0.330 e. The summed E-state index contributed by atoms with van der Waals surface area (Å²) in [5.41, 5.74) is 8.83. The summed E-state index contributed by atoms with van der Waals surface area (Å²) >= 11 is 0. The van der Waals surface area contributed by atoms with Gasteiger partial charge >= 0.3 is 0 Å². The van der Waals surface area contributed by atoms with Crippen LogP contribution in [0.25, 0.3) is 0 Å². The number of nitrogens with two attached hydrogens (primary N) is 1. The van der Waals surface area contributed by atoms with Gasteiger partial charge in [-0.2, -0.15) is 0 Å². The molecule has 0 aromatic carbocycles. The average Bonchev–Trinajstić information content (AvgIpc) is 2.31. The van der Waals surface area contributed by atoms with Crippen LogP contribution in [0.5, 0.6) is 0 Å². The van der Waals surface area contributed by atoms with Gasteiger partial charge in [-0.15, -0.1) is 0 Å². The van der Waals surface area contributed by atoms with Crippen LogP contribution < -0.4 is 5.73 Å². The van der Waals surface area contributed by atoms with Gasteiger partial charge in [0.1, 0.15) is 0 Å². The maximum absolute atomic E-state index is 6.09. The Morgan fingerprint density at radius 2 is 1.88 bits per heavy atom. The molecule has 0 heterocycles. The SMILES string of the molecule is CCC1(CC)CC(CN)(C2=CCCCC2)C1. The van der Waals surface area contributed by atoms with E-state index < -0.39 is 0 Å². The lowest BCUT2D eigenvalue weighted by molar-refractivity contribution is -0.0165. The Labute approximate surface area is 100 Å². The molecule has 0 aromatic heterocycles. The number of rotatable bonds is 4. The molecule has 0 aromatic rings. The standard InChI is InChI=1S/C15H27N/c1-3-14(4-2)10-15(11-14,12-16)13-8-6-5-7-9-13/h8H,3-7,9-12,16H2,1-2H3. The molecular formula is C15H27N. The van der Waals surface area contributed by atoms with Gasteiger partial charge in [0.15, 0.2) is 0 Å². The molecule has 16 heavy (non-hydrogen) atoms. The second kappa shape index (κ2) is 4.52. The third-order valence-corrected chi connectivity index (χ3v) is 5.29. The molecule has 0 radical (unpaired) electrons. The van der Waals surface area contributed by atoms with E-state index in [9.17, 15) is 0 Å². The molecular weight excluding hydrogens is 194 g/mol. The summed E-state index contributed by atoms with van der Waals surface area (Å²) in [6.07, 6.45) is 13.3. The molecule has 1 heteroatoms. The third kappa shape index (κ3) is 1.84. The Bertz CT molecular complexity index is 265. The van der Waals surface area contributed by atoms with Crippen molar-refractivity contribution in [1.29, 1.82) is 0 Å². The Kier molecular flexibility index (Phi) is 3.44. The molecule has 1 saturated carbocycles. The molecule has 0 amide bonds. The first-order valence-electron chi connectivity index (χ1n) is 7.10. The van der Waals surface area contributed by atoms with E-state index in [1.54, 1.807) is 5.57 Å². The lowest BCUT2D eigenvalue weighted by Crippen LogP contribution is -2.51. The highest BCUT2D eigenvalue weighted by Crippen LogP contribution is 2.62. The van der Waals surface area contributed by atoms with Gasteiger partial charge in [-0.05, 0) is 43.9 Å². The summed E-state index contributed by atoms with van der Waals surface area (Å²) in [6, 6.07) is 0. The molecule has 0 aliphatic heterocycles. The summed E-state index contributed by atoms with van der Waals surface area (Å²) < 4.78 is 0. The van der Waals surface area contributed by atoms with Gasteiger partial charge in [0, 0.05) is 12.0 Å². The van der Waals surface area contributed by atoms with E-state index in [0.717, 1.165) is 6.54 Å². The van der Waals surface area contributed by atoms with Crippen LogP contribution >= 0.6 is 0 Å². The zero-order chi connectivity index (χ0) is 11.6. The number of allylic oxidation sites excluding steroid dienone is 1. The summed E-state index contributed by atoms with van der Waals surface area (Å²) in [7, 11) is 0. The normalized spacial score (nSPS) is 27.1. The smallest absolute Gasteiger partial charge is 0.00450 e. The molecule has 92 valence electrons. The predicted octanol–water partition coefficient (Wildman–Crippen LogP) is 4.03. The van der Waals surface area contributed by atoms with Crippen molar-refractivity contribution >= 4 is 0 Å². The van der Waals surface area contributed by atoms with Crippen molar-refractivity contribution in [1.82, 2.24) is 0 Å². The molecule has 1 nitrogen and oxygen atoms in total. The molecule has 2 rings (SSSR count). The van der Waals surface area contributed by atoms with Crippen LogP contribution in [0.1, 0.15) is 65.2 Å². The van der Waals surface area contributed by atoms with E-state index in [1.807, 2.05) is 0 Å². The molecule has 0 unspecified atom stereocenters. The van der Waals surface area contributed by atoms with Crippen molar-refractivity contribution in [3.05, 3.63) is 11.6 Å². The second-order valence-corrected chi connectivity index (χ2v) is 6.02. The molecule has 0 atom stereocenters. The minimum atomic E-state index is 0.409. The Hall–Kier alpha value is -0.300. The maximum Gasteiger partial charge on any atom is 0.00450 e. The van der Waals surface area contributed by atoms with Crippen molar-refractivity contribution < 1.29 is 0 Å². The molecule has 2 aliphatic rings. The topological polar surface area (TPSA) is 26.0 Å². The summed E-state index contributed by atoms with van der Waals surface area (Å²) in [5, 5.41) is 0. The van der Waals surface area contributed by atoms with Crippen LogP contribution in [0, 0.1) is 10.8 Å². The van der Waals surface area contributed by atoms with Crippen LogP contribution in [-0.4, -0.2) is 6.54 Å². The maximum atomic E-state index is 6.09. The summed E-state index contributed by atoms with van der Waals surface area (Å²) in [6.45, 7) is 5.57. The van der Waals surface area contributed by atoms with Crippen molar-refractivity contribution in [3.63, 3.8) is 0 Å². The quantitative estimate of drug-likeness (QED) is 0.713. The predicted molar refractivity (Wildman–Crippen MR) is 70.3 cm³/mol. The molecule has 2 aliphatic carbocycles. The zero-order valence-electron chi connectivity index (χ0n) is 11.0. The zero-order valence-corrected chi connectivity index (χ0v) is 11.0. The third-order valence-electron chi connectivity index (χ3n) is 5.29. The van der Waals surface area contributed by atoms with Crippen LogP contribution in [0.2, 0.25) is 0 Å². The van der Waals surface area contributed by atoms with E-state index in [-0.39, 0.29) is 0 Å². The first-order chi connectivity index (χ1) is 7.70. The molecule has 0 bridgehead atoms. The Balaban J connectivity index is 2.09. The first kappa shape index (κ1) is 12.2. The van der Waals surface area contributed by atoms with Crippen molar-refractivity contribution in [2.24, 2.45) is 16.6 Å². The fourth-order valence-corrected chi connectivity index (χ4v) is 3.96. The van der Waals surface area contributed by atoms with Gasteiger partial charge in [-0.25, -0.2) is 0 Å². The average molecular weight is 221 g/mol. The molecule has 2 N–H and O–H groups in total.